The number of anilines is 1. The van der Waals surface area contributed by atoms with Gasteiger partial charge in [-0.05, 0) is 63.5 Å². The fourth-order valence-electron chi connectivity index (χ4n) is 5.13. The maximum Gasteiger partial charge on any atom is 0.138 e. The zero-order chi connectivity index (χ0) is 23.4. The molecule has 0 radical (unpaired) electrons. The van der Waals surface area contributed by atoms with Gasteiger partial charge in [0.1, 0.15) is 5.82 Å². The van der Waals surface area contributed by atoms with Crippen LogP contribution in [-0.4, -0.2) is 54.8 Å². The second-order valence-electron chi connectivity index (χ2n) is 9.60. The van der Waals surface area contributed by atoms with Gasteiger partial charge in [-0.25, -0.2) is 4.98 Å². The molecule has 3 N–H and O–H groups in total. The molecular weight excluding hydrogens is 410 g/mol. The molecule has 176 valence electrons. The van der Waals surface area contributed by atoms with E-state index in [1.807, 2.05) is 0 Å². The maximum atomic E-state index is 8.72. The Hall–Kier alpha value is -2.57. The molecule has 0 bridgehead atoms. The van der Waals surface area contributed by atoms with Crippen LogP contribution in [0.25, 0.3) is 10.9 Å². The SMILES string of the molecule is COC1CN(c2nc3ccc(C)cc3cc2C(=N)C=CC(C)=N)CCC1NC1CCCCC1. The molecule has 2 unspecified atom stereocenters. The molecule has 33 heavy (non-hydrogen) atoms. The predicted molar refractivity (Wildman–Crippen MR) is 137 cm³/mol. The van der Waals surface area contributed by atoms with Crippen molar-refractivity contribution in [2.24, 2.45) is 0 Å². The monoisotopic (exact) mass is 447 g/mol. The second kappa shape index (κ2) is 10.6. The topological polar surface area (TPSA) is 85.1 Å². The number of nitrogens with one attached hydrogen (secondary N) is 3. The van der Waals surface area contributed by atoms with Crippen molar-refractivity contribution >= 4 is 28.1 Å². The second-order valence-corrected chi connectivity index (χ2v) is 9.60. The fraction of sp³-hybridized carbons (Fsp3) is 0.519. The van der Waals surface area contributed by atoms with Gasteiger partial charge in [0.2, 0.25) is 0 Å². The van der Waals surface area contributed by atoms with E-state index >= 15 is 0 Å². The number of piperidine rings is 1. The molecule has 2 heterocycles. The van der Waals surface area contributed by atoms with Gasteiger partial charge in [0.05, 0.1) is 17.3 Å². The Balaban J connectivity index is 1.62. The van der Waals surface area contributed by atoms with Crippen molar-refractivity contribution in [1.82, 2.24) is 10.3 Å². The lowest BCUT2D eigenvalue weighted by atomic mass is 9.92. The lowest BCUT2D eigenvalue weighted by Gasteiger charge is -2.41. The molecule has 1 aliphatic heterocycles. The summed E-state index contributed by atoms with van der Waals surface area (Å²) in [5.41, 5.74) is 3.73. The predicted octanol–water partition coefficient (Wildman–Crippen LogP) is 5.02. The molecule has 1 aromatic carbocycles. The Bertz CT molecular complexity index is 1040. The summed E-state index contributed by atoms with van der Waals surface area (Å²) in [7, 11) is 1.80. The Morgan fingerprint density at radius 3 is 2.64 bits per heavy atom. The zero-order valence-electron chi connectivity index (χ0n) is 20.2. The number of benzene rings is 1. The molecule has 1 aliphatic carbocycles. The van der Waals surface area contributed by atoms with Gasteiger partial charge in [-0.1, -0.05) is 30.9 Å². The largest absolute Gasteiger partial charge is 0.378 e. The van der Waals surface area contributed by atoms with Gasteiger partial charge in [-0.2, -0.15) is 0 Å². The van der Waals surface area contributed by atoms with E-state index in [9.17, 15) is 0 Å². The highest BCUT2D eigenvalue weighted by Crippen LogP contribution is 2.29. The van der Waals surface area contributed by atoms with Crippen LogP contribution in [0.2, 0.25) is 0 Å². The van der Waals surface area contributed by atoms with Crippen molar-refractivity contribution in [3.63, 3.8) is 0 Å². The van der Waals surface area contributed by atoms with Crippen LogP contribution in [0.15, 0.2) is 36.4 Å². The first kappa shape index (κ1) is 23.6. The average molecular weight is 448 g/mol. The van der Waals surface area contributed by atoms with Crippen LogP contribution in [-0.2, 0) is 4.74 Å². The fourth-order valence-corrected chi connectivity index (χ4v) is 5.13. The third-order valence-electron chi connectivity index (χ3n) is 6.96. The van der Waals surface area contributed by atoms with Gasteiger partial charge < -0.3 is 25.8 Å². The average Bonchev–Trinajstić information content (AvgIpc) is 2.82. The van der Waals surface area contributed by atoms with Crippen LogP contribution < -0.4 is 10.2 Å². The number of pyridine rings is 1. The molecule has 2 atom stereocenters. The number of allylic oxidation sites excluding steroid dienone is 2. The molecule has 1 saturated carbocycles. The van der Waals surface area contributed by atoms with E-state index in [0.717, 1.165) is 41.8 Å². The number of fused-ring (bicyclic) bond motifs is 1. The zero-order valence-corrected chi connectivity index (χ0v) is 20.2. The number of aromatic nitrogens is 1. The maximum absolute atomic E-state index is 8.72. The first-order valence-electron chi connectivity index (χ1n) is 12.2. The number of nitrogens with zero attached hydrogens (tertiary/aromatic N) is 2. The summed E-state index contributed by atoms with van der Waals surface area (Å²) in [6.07, 6.45) is 11.0. The molecule has 1 aromatic heterocycles. The van der Waals surface area contributed by atoms with Gasteiger partial charge in [-0.3, -0.25) is 0 Å². The molecule has 0 spiro atoms. The van der Waals surface area contributed by atoms with Crippen molar-refractivity contribution < 1.29 is 4.74 Å². The lowest BCUT2D eigenvalue weighted by Crippen LogP contribution is -2.56. The number of hydrogen-bond acceptors (Lipinski definition) is 6. The molecular formula is C27H37N5O. The number of ether oxygens (including phenoxy) is 1. The summed E-state index contributed by atoms with van der Waals surface area (Å²) in [6, 6.07) is 9.29. The Morgan fingerprint density at radius 1 is 1.12 bits per heavy atom. The first-order chi connectivity index (χ1) is 15.9. The summed E-state index contributed by atoms with van der Waals surface area (Å²) in [4.78, 5) is 7.30. The summed E-state index contributed by atoms with van der Waals surface area (Å²) < 4.78 is 5.95. The van der Waals surface area contributed by atoms with E-state index < -0.39 is 0 Å². The van der Waals surface area contributed by atoms with E-state index in [0.29, 0.717) is 23.5 Å². The highest BCUT2D eigenvalue weighted by Gasteiger charge is 2.32. The first-order valence-corrected chi connectivity index (χ1v) is 12.2. The normalized spacial score (nSPS) is 22.2. The van der Waals surface area contributed by atoms with E-state index in [2.05, 4.69) is 41.4 Å². The highest BCUT2D eigenvalue weighted by molar-refractivity contribution is 6.13. The smallest absolute Gasteiger partial charge is 0.138 e. The number of hydrogen-bond donors (Lipinski definition) is 3. The number of aryl methyl sites for hydroxylation is 1. The molecule has 1 saturated heterocycles. The Morgan fingerprint density at radius 2 is 1.91 bits per heavy atom. The van der Waals surface area contributed by atoms with Crippen LogP contribution in [0.4, 0.5) is 5.82 Å². The van der Waals surface area contributed by atoms with Crippen molar-refractivity contribution in [2.75, 3.05) is 25.1 Å². The van der Waals surface area contributed by atoms with Gasteiger partial charge in [0.15, 0.2) is 0 Å². The van der Waals surface area contributed by atoms with E-state index in [4.69, 9.17) is 20.5 Å². The summed E-state index contributed by atoms with van der Waals surface area (Å²) in [5.74, 6) is 0.835. The van der Waals surface area contributed by atoms with Crippen LogP contribution in [0.5, 0.6) is 0 Å². The Kier molecular flexibility index (Phi) is 7.56. The van der Waals surface area contributed by atoms with Gasteiger partial charge in [0, 0.05) is 48.9 Å². The van der Waals surface area contributed by atoms with E-state index in [1.165, 1.54) is 37.7 Å². The van der Waals surface area contributed by atoms with Crippen LogP contribution in [0.1, 0.15) is 56.6 Å². The van der Waals surface area contributed by atoms with Gasteiger partial charge in [-0.15, -0.1) is 0 Å². The van der Waals surface area contributed by atoms with Gasteiger partial charge in [0.25, 0.3) is 0 Å². The molecule has 0 amide bonds. The lowest BCUT2D eigenvalue weighted by molar-refractivity contribution is 0.0534. The van der Waals surface area contributed by atoms with Crippen molar-refractivity contribution in [2.45, 2.75) is 70.6 Å². The van der Waals surface area contributed by atoms with Crippen molar-refractivity contribution in [3.05, 3.63) is 47.5 Å². The third-order valence-corrected chi connectivity index (χ3v) is 6.96. The van der Waals surface area contributed by atoms with E-state index in [-0.39, 0.29) is 6.10 Å². The van der Waals surface area contributed by atoms with Crippen LogP contribution in [0, 0.1) is 17.7 Å². The van der Waals surface area contributed by atoms with Gasteiger partial charge >= 0.3 is 0 Å². The molecule has 2 aliphatic rings. The highest BCUT2D eigenvalue weighted by atomic mass is 16.5. The summed E-state index contributed by atoms with van der Waals surface area (Å²) in [6.45, 7) is 5.42. The molecule has 6 heteroatoms. The standard InChI is InChI=1S/C27H37N5O/c1-18-9-12-24-20(15-18)16-22(23(29)11-10-19(2)28)27(31-24)32-14-13-25(26(17-32)33-3)30-21-7-5-4-6-8-21/h9-12,15-16,21,25-26,28-30H,4-8,13-14,17H2,1-3H3. The summed E-state index contributed by atoms with van der Waals surface area (Å²) >= 11 is 0. The summed E-state index contributed by atoms with van der Waals surface area (Å²) in [5, 5.41) is 21.4. The number of rotatable bonds is 7. The minimum Gasteiger partial charge on any atom is -0.378 e. The number of methoxy groups -OCH3 is 1. The minimum absolute atomic E-state index is 0.0811. The van der Waals surface area contributed by atoms with E-state index in [1.54, 1.807) is 26.2 Å². The molecule has 2 aromatic rings. The van der Waals surface area contributed by atoms with Crippen LogP contribution >= 0.6 is 0 Å². The van der Waals surface area contributed by atoms with Crippen LogP contribution in [0.3, 0.4) is 0 Å². The quantitative estimate of drug-likeness (QED) is 0.520. The third kappa shape index (κ3) is 5.68. The Labute approximate surface area is 197 Å². The molecule has 2 fully saturated rings. The van der Waals surface area contributed by atoms with Crippen molar-refractivity contribution in [3.8, 4) is 0 Å². The molecule has 4 rings (SSSR count). The molecule has 6 nitrogen and oxygen atoms in total. The van der Waals surface area contributed by atoms with Crippen molar-refractivity contribution in [1.29, 1.82) is 10.8 Å². The minimum atomic E-state index is 0.0811.